The molecular formula is C25H28N2O2S. The fourth-order valence-electron chi connectivity index (χ4n) is 4.73. The summed E-state index contributed by atoms with van der Waals surface area (Å²) in [5.41, 5.74) is 4.66. The normalized spacial score (nSPS) is 25.0. The molecule has 2 unspecified atom stereocenters. The SMILES string of the molecule is CC1CC(=O)C2=C(C1)N(CN1CCOCC1)c1ccccc1SC2c1ccccc1. The third-order valence-electron chi connectivity index (χ3n) is 6.22. The Morgan fingerprint density at radius 2 is 1.73 bits per heavy atom. The topological polar surface area (TPSA) is 32.8 Å². The van der Waals surface area contributed by atoms with E-state index in [4.69, 9.17) is 4.74 Å². The maximum atomic E-state index is 13.4. The third kappa shape index (κ3) is 3.82. The van der Waals surface area contributed by atoms with Crippen molar-refractivity contribution in [3.63, 3.8) is 0 Å². The molecule has 0 N–H and O–H groups in total. The summed E-state index contributed by atoms with van der Waals surface area (Å²) in [5.74, 6) is 0.681. The number of rotatable bonds is 3. The van der Waals surface area contributed by atoms with Crippen LogP contribution in [0.3, 0.4) is 0 Å². The highest BCUT2D eigenvalue weighted by molar-refractivity contribution is 8.00. The van der Waals surface area contributed by atoms with E-state index in [0.717, 1.165) is 45.0 Å². The molecule has 30 heavy (non-hydrogen) atoms. The number of hydrogen-bond donors (Lipinski definition) is 0. The van der Waals surface area contributed by atoms with Crippen LogP contribution >= 0.6 is 11.8 Å². The van der Waals surface area contributed by atoms with E-state index in [1.165, 1.54) is 21.8 Å². The Hall–Kier alpha value is -2.08. The van der Waals surface area contributed by atoms with Crippen molar-refractivity contribution in [2.24, 2.45) is 5.92 Å². The minimum Gasteiger partial charge on any atom is -0.379 e. The lowest BCUT2D eigenvalue weighted by Crippen LogP contribution is -2.45. The summed E-state index contributed by atoms with van der Waals surface area (Å²) in [5, 5.41) is 0.0389. The standard InChI is InChI=1S/C25H28N2O2S/c1-18-15-21-24(22(28)16-18)25(19-7-3-2-4-8-19)30-23-10-6-5-9-20(23)27(21)17-26-11-13-29-14-12-26/h2-10,18,25H,11-17H2,1H3. The van der Waals surface area contributed by atoms with Crippen LogP contribution in [0.2, 0.25) is 0 Å². The van der Waals surface area contributed by atoms with Gasteiger partial charge in [0.15, 0.2) is 5.78 Å². The van der Waals surface area contributed by atoms with Gasteiger partial charge >= 0.3 is 0 Å². The number of hydrogen-bond acceptors (Lipinski definition) is 5. The number of benzene rings is 2. The van der Waals surface area contributed by atoms with E-state index in [9.17, 15) is 4.79 Å². The Morgan fingerprint density at radius 3 is 2.53 bits per heavy atom. The van der Waals surface area contributed by atoms with Gasteiger partial charge in [-0.2, -0.15) is 0 Å². The lowest BCUT2D eigenvalue weighted by atomic mass is 9.83. The van der Waals surface area contributed by atoms with Crippen molar-refractivity contribution in [2.75, 3.05) is 37.9 Å². The Balaban J connectivity index is 1.65. The van der Waals surface area contributed by atoms with E-state index in [0.29, 0.717) is 18.1 Å². The molecule has 2 aliphatic heterocycles. The van der Waals surface area contributed by atoms with Crippen LogP contribution in [0.4, 0.5) is 5.69 Å². The average molecular weight is 421 g/mol. The van der Waals surface area contributed by atoms with Gasteiger partial charge in [0.25, 0.3) is 0 Å². The van der Waals surface area contributed by atoms with E-state index in [2.05, 4.69) is 65.3 Å². The molecule has 5 rings (SSSR count). The number of Topliss-reactive ketones (excluding diaryl/α,β-unsaturated/α-hetero) is 1. The van der Waals surface area contributed by atoms with Crippen molar-refractivity contribution in [1.82, 2.24) is 4.90 Å². The second kappa shape index (κ2) is 8.58. The molecular weight excluding hydrogens is 392 g/mol. The molecule has 4 nitrogen and oxygen atoms in total. The zero-order valence-electron chi connectivity index (χ0n) is 17.4. The number of carbonyl (C=O) groups is 1. The van der Waals surface area contributed by atoms with E-state index >= 15 is 0 Å². The second-order valence-corrected chi connectivity index (χ2v) is 9.62. The van der Waals surface area contributed by atoms with E-state index in [-0.39, 0.29) is 5.25 Å². The van der Waals surface area contributed by atoms with E-state index in [1.807, 2.05) is 17.8 Å². The second-order valence-electron chi connectivity index (χ2n) is 8.47. The first-order valence-corrected chi connectivity index (χ1v) is 11.7. The van der Waals surface area contributed by atoms with Crippen molar-refractivity contribution >= 4 is 23.2 Å². The molecule has 0 bridgehead atoms. The molecule has 0 amide bonds. The van der Waals surface area contributed by atoms with Crippen LogP contribution in [0.5, 0.6) is 0 Å². The molecule has 1 aliphatic carbocycles. The molecule has 2 aromatic carbocycles. The number of morpholine rings is 1. The highest BCUT2D eigenvalue weighted by atomic mass is 32.2. The van der Waals surface area contributed by atoms with Crippen LogP contribution in [-0.4, -0.2) is 43.7 Å². The highest BCUT2D eigenvalue weighted by Gasteiger charge is 2.38. The lowest BCUT2D eigenvalue weighted by molar-refractivity contribution is -0.117. The number of para-hydroxylation sites is 1. The number of ketones is 1. The van der Waals surface area contributed by atoms with Gasteiger partial charge in [-0.15, -0.1) is 11.8 Å². The molecule has 1 fully saturated rings. The number of ether oxygens (including phenoxy) is 1. The van der Waals surface area contributed by atoms with Crippen LogP contribution < -0.4 is 4.90 Å². The smallest absolute Gasteiger partial charge is 0.162 e. The highest BCUT2D eigenvalue weighted by Crippen LogP contribution is 2.52. The van der Waals surface area contributed by atoms with Gasteiger partial charge in [0.1, 0.15) is 0 Å². The van der Waals surface area contributed by atoms with Gasteiger partial charge in [0, 0.05) is 35.7 Å². The Bertz CT molecular complexity index is 953. The molecule has 0 saturated carbocycles. The van der Waals surface area contributed by atoms with Gasteiger partial charge in [-0.3, -0.25) is 9.69 Å². The summed E-state index contributed by atoms with van der Waals surface area (Å²) in [7, 11) is 0. The molecule has 3 aliphatic rings. The van der Waals surface area contributed by atoms with Gasteiger partial charge in [0.05, 0.1) is 30.8 Å². The number of fused-ring (bicyclic) bond motifs is 1. The fourth-order valence-corrected chi connectivity index (χ4v) is 6.12. The van der Waals surface area contributed by atoms with Gasteiger partial charge < -0.3 is 9.64 Å². The maximum Gasteiger partial charge on any atom is 0.162 e. The zero-order valence-corrected chi connectivity index (χ0v) is 18.2. The summed E-state index contributed by atoms with van der Waals surface area (Å²) < 4.78 is 5.57. The summed E-state index contributed by atoms with van der Waals surface area (Å²) in [4.78, 5) is 19.6. The maximum absolute atomic E-state index is 13.4. The van der Waals surface area contributed by atoms with Crippen molar-refractivity contribution in [1.29, 1.82) is 0 Å². The molecule has 2 aromatic rings. The van der Waals surface area contributed by atoms with E-state index in [1.54, 1.807) is 0 Å². The first-order chi connectivity index (χ1) is 14.7. The summed E-state index contributed by atoms with van der Waals surface area (Å²) in [6.07, 6.45) is 1.59. The number of allylic oxidation sites excluding steroid dienone is 1. The predicted molar refractivity (Wildman–Crippen MR) is 122 cm³/mol. The van der Waals surface area contributed by atoms with Gasteiger partial charge in [-0.25, -0.2) is 0 Å². The third-order valence-corrected chi connectivity index (χ3v) is 7.57. The van der Waals surface area contributed by atoms with Gasteiger partial charge in [0.2, 0.25) is 0 Å². The number of thioether (sulfide) groups is 1. The molecule has 5 heteroatoms. The fraction of sp³-hybridized carbons (Fsp3) is 0.400. The Labute approximate surface area is 182 Å². The minimum atomic E-state index is 0.0389. The minimum absolute atomic E-state index is 0.0389. The molecule has 156 valence electrons. The molecule has 0 radical (unpaired) electrons. The quantitative estimate of drug-likeness (QED) is 0.707. The number of nitrogens with zero attached hydrogens (tertiary/aromatic N) is 2. The van der Waals surface area contributed by atoms with E-state index < -0.39 is 0 Å². The summed E-state index contributed by atoms with van der Waals surface area (Å²) in [6, 6.07) is 19.2. The van der Waals surface area contributed by atoms with Gasteiger partial charge in [-0.05, 0) is 30.0 Å². The summed E-state index contributed by atoms with van der Waals surface area (Å²) in [6.45, 7) is 6.42. The zero-order chi connectivity index (χ0) is 20.5. The van der Waals surface area contributed by atoms with Crippen LogP contribution in [0.15, 0.2) is 70.8 Å². The molecule has 1 saturated heterocycles. The van der Waals surface area contributed by atoms with Crippen LogP contribution in [0.25, 0.3) is 0 Å². The number of carbonyl (C=O) groups excluding carboxylic acids is 1. The van der Waals surface area contributed by atoms with Gasteiger partial charge in [-0.1, -0.05) is 49.4 Å². The van der Waals surface area contributed by atoms with Crippen molar-refractivity contribution < 1.29 is 9.53 Å². The molecule has 2 heterocycles. The van der Waals surface area contributed by atoms with Crippen molar-refractivity contribution in [3.8, 4) is 0 Å². The van der Waals surface area contributed by atoms with Crippen molar-refractivity contribution in [3.05, 3.63) is 71.4 Å². The molecule has 0 spiro atoms. The Kier molecular flexibility index (Phi) is 5.68. The largest absolute Gasteiger partial charge is 0.379 e. The van der Waals surface area contributed by atoms with Crippen LogP contribution in [-0.2, 0) is 9.53 Å². The molecule has 2 atom stereocenters. The number of anilines is 1. The average Bonchev–Trinajstić information content (AvgIpc) is 2.90. The first-order valence-electron chi connectivity index (χ1n) is 10.8. The lowest BCUT2D eigenvalue weighted by Gasteiger charge is -2.38. The Morgan fingerprint density at radius 1 is 1.00 bits per heavy atom. The predicted octanol–water partition coefficient (Wildman–Crippen LogP) is 4.88. The van der Waals surface area contributed by atoms with Crippen molar-refractivity contribution in [2.45, 2.75) is 29.9 Å². The van der Waals surface area contributed by atoms with Crippen LogP contribution in [0, 0.1) is 5.92 Å². The first kappa shape index (κ1) is 19.9. The monoisotopic (exact) mass is 420 g/mol. The summed E-state index contributed by atoms with van der Waals surface area (Å²) >= 11 is 1.82. The molecule has 0 aromatic heterocycles. The van der Waals surface area contributed by atoms with Crippen LogP contribution in [0.1, 0.15) is 30.6 Å².